The molecule has 1 rings (SSSR count). The molecule has 0 radical (unpaired) electrons. The predicted molar refractivity (Wildman–Crippen MR) is 59.6 cm³/mol. The van der Waals surface area contributed by atoms with Gasteiger partial charge in [-0.2, -0.15) is 5.26 Å². The van der Waals surface area contributed by atoms with Crippen LogP contribution in [-0.4, -0.2) is 50.8 Å². The minimum atomic E-state index is 0.686. The third-order valence-corrected chi connectivity index (χ3v) is 2.60. The molecule has 0 aromatic heterocycles. The third-order valence-electron chi connectivity index (χ3n) is 2.60. The zero-order valence-corrected chi connectivity index (χ0v) is 9.37. The molecule has 1 saturated heterocycles. The van der Waals surface area contributed by atoms with Crippen LogP contribution >= 0.6 is 0 Å². The quantitative estimate of drug-likeness (QED) is 0.627. The van der Waals surface area contributed by atoms with E-state index in [-0.39, 0.29) is 0 Å². The van der Waals surface area contributed by atoms with Crippen molar-refractivity contribution in [2.24, 2.45) is 0 Å². The predicted octanol–water partition coefficient (Wildman–Crippen LogP) is 0.602. The molecule has 1 aliphatic rings. The maximum Gasteiger partial charge on any atom is 0.0621 e. The molecule has 0 aliphatic carbocycles. The maximum absolute atomic E-state index is 8.35. The van der Waals surface area contributed by atoms with Crippen molar-refractivity contribution in [2.75, 3.05) is 45.9 Å². The molecule has 0 saturated carbocycles. The molecule has 0 aromatic rings. The average molecular weight is 211 g/mol. The minimum absolute atomic E-state index is 0.686. The van der Waals surface area contributed by atoms with Crippen LogP contribution in [0, 0.1) is 11.3 Å². The van der Waals surface area contributed by atoms with Crippen molar-refractivity contribution in [3.8, 4) is 6.07 Å². The molecule has 4 nitrogen and oxygen atoms in total. The largest absolute Gasteiger partial charge is 0.379 e. The van der Waals surface area contributed by atoms with E-state index in [1.165, 1.54) is 0 Å². The summed E-state index contributed by atoms with van der Waals surface area (Å²) in [5.74, 6) is 0. The van der Waals surface area contributed by atoms with Crippen LogP contribution < -0.4 is 5.32 Å². The molecule has 4 heteroatoms. The average Bonchev–Trinajstić information content (AvgIpc) is 2.29. The first-order valence-corrected chi connectivity index (χ1v) is 5.81. The normalized spacial score (nSPS) is 17.5. The molecule has 0 bridgehead atoms. The van der Waals surface area contributed by atoms with E-state index in [2.05, 4.69) is 16.3 Å². The third kappa shape index (κ3) is 6.45. The number of hydrogen-bond donors (Lipinski definition) is 1. The molecule has 1 heterocycles. The van der Waals surface area contributed by atoms with Crippen molar-refractivity contribution < 1.29 is 4.74 Å². The first-order chi connectivity index (χ1) is 7.43. The summed E-state index contributed by atoms with van der Waals surface area (Å²) in [6.45, 7) is 7.08. The van der Waals surface area contributed by atoms with Gasteiger partial charge in [-0.05, 0) is 19.4 Å². The van der Waals surface area contributed by atoms with Gasteiger partial charge in [0, 0.05) is 32.6 Å². The Morgan fingerprint density at radius 1 is 1.20 bits per heavy atom. The Bertz CT molecular complexity index is 185. The Hall–Kier alpha value is -0.630. The first-order valence-electron chi connectivity index (χ1n) is 5.81. The van der Waals surface area contributed by atoms with Gasteiger partial charge in [0.05, 0.1) is 19.3 Å². The number of nitriles is 1. The van der Waals surface area contributed by atoms with Crippen molar-refractivity contribution in [3.05, 3.63) is 0 Å². The Balaban J connectivity index is 1.82. The number of morpholine rings is 1. The highest BCUT2D eigenvalue weighted by Crippen LogP contribution is 1.95. The van der Waals surface area contributed by atoms with Gasteiger partial charge in [0.1, 0.15) is 0 Å². The van der Waals surface area contributed by atoms with E-state index >= 15 is 0 Å². The van der Waals surface area contributed by atoms with E-state index in [9.17, 15) is 0 Å². The van der Waals surface area contributed by atoms with Crippen molar-refractivity contribution >= 4 is 0 Å². The zero-order chi connectivity index (χ0) is 10.8. The van der Waals surface area contributed by atoms with Crippen molar-refractivity contribution in [1.29, 1.82) is 5.26 Å². The van der Waals surface area contributed by atoms with E-state index in [1.807, 2.05) is 0 Å². The van der Waals surface area contributed by atoms with E-state index < -0.39 is 0 Å². The molecular weight excluding hydrogens is 190 g/mol. The summed E-state index contributed by atoms with van der Waals surface area (Å²) in [5, 5.41) is 11.7. The minimum Gasteiger partial charge on any atom is -0.379 e. The number of ether oxygens (including phenoxy) is 1. The highest BCUT2D eigenvalue weighted by Gasteiger charge is 2.08. The summed E-state index contributed by atoms with van der Waals surface area (Å²) in [4.78, 5) is 2.42. The molecule has 1 fully saturated rings. The second kappa shape index (κ2) is 8.66. The summed E-state index contributed by atoms with van der Waals surface area (Å²) >= 11 is 0. The Labute approximate surface area is 92.2 Å². The Kier molecular flexibility index (Phi) is 7.18. The zero-order valence-electron chi connectivity index (χ0n) is 9.37. The van der Waals surface area contributed by atoms with Crippen LogP contribution in [0.3, 0.4) is 0 Å². The molecule has 1 N–H and O–H groups in total. The highest BCUT2D eigenvalue weighted by atomic mass is 16.5. The first kappa shape index (κ1) is 12.4. The van der Waals surface area contributed by atoms with Crippen LogP contribution in [0.4, 0.5) is 0 Å². The number of nitrogens with zero attached hydrogens (tertiary/aromatic N) is 2. The molecule has 0 aromatic carbocycles. The smallest absolute Gasteiger partial charge is 0.0621 e. The summed E-state index contributed by atoms with van der Waals surface area (Å²) in [7, 11) is 0. The number of rotatable bonds is 7. The van der Waals surface area contributed by atoms with E-state index in [1.54, 1.807) is 0 Å². The summed E-state index contributed by atoms with van der Waals surface area (Å²) in [5.41, 5.74) is 0. The van der Waals surface area contributed by atoms with Gasteiger partial charge >= 0.3 is 0 Å². The van der Waals surface area contributed by atoms with Gasteiger partial charge < -0.3 is 10.1 Å². The number of unbranched alkanes of at least 4 members (excludes halogenated alkanes) is 2. The van der Waals surface area contributed by atoms with Crippen molar-refractivity contribution in [3.63, 3.8) is 0 Å². The van der Waals surface area contributed by atoms with Crippen LogP contribution in [-0.2, 0) is 4.74 Å². The molecule has 0 unspecified atom stereocenters. The summed E-state index contributed by atoms with van der Waals surface area (Å²) < 4.78 is 5.28. The van der Waals surface area contributed by atoms with Crippen LogP contribution in [0.1, 0.15) is 19.3 Å². The monoisotopic (exact) mass is 211 g/mol. The van der Waals surface area contributed by atoms with Gasteiger partial charge in [0.2, 0.25) is 0 Å². The summed E-state index contributed by atoms with van der Waals surface area (Å²) in [6.07, 6.45) is 2.81. The van der Waals surface area contributed by atoms with Gasteiger partial charge in [-0.25, -0.2) is 0 Å². The van der Waals surface area contributed by atoms with Gasteiger partial charge in [-0.15, -0.1) is 0 Å². The van der Waals surface area contributed by atoms with Crippen LogP contribution in [0.25, 0.3) is 0 Å². The number of nitrogens with one attached hydrogen (secondary N) is 1. The molecule has 0 amide bonds. The van der Waals surface area contributed by atoms with Gasteiger partial charge in [0.25, 0.3) is 0 Å². The van der Waals surface area contributed by atoms with E-state index in [4.69, 9.17) is 10.00 Å². The molecule has 0 atom stereocenters. The lowest BCUT2D eigenvalue weighted by atomic mass is 10.2. The maximum atomic E-state index is 8.35. The topological polar surface area (TPSA) is 48.3 Å². The molecule has 15 heavy (non-hydrogen) atoms. The molecule has 1 aliphatic heterocycles. The molecular formula is C11H21N3O. The van der Waals surface area contributed by atoms with E-state index in [0.717, 1.165) is 58.8 Å². The van der Waals surface area contributed by atoms with Gasteiger partial charge in [0.15, 0.2) is 0 Å². The molecule has 86 valence electrons. The van der Waals surface area contributed by atoms with E-state index in [0.29, 0.717) is 6.42 Å². The van der Waals surface area contributed by atoms with Crippen LogP contribution in [0.5, 0.6) is 0 Å². The lowest BCUT2D eigenvalue weighted by Crippen LogP contribution is -2.40. The fourth-order valence-corrected chi connectivity index (χ4v) is 1.64. The summed E-state index contributed by atoms with van der Waals surface area (Å²) in [6, 6.07) is 2.16. The van der Waals surface area contributed by atoms with Crippen molar-refractivity contribution in [1.82, 2.24) is 10.2 Å². The SMILES string of the molecule is N#CCCCCNCCN1CCOCC1. The number of hydrogen-bond acceptors (Lipinski definition) is 4. The Morgan fingerprint density at radius 3 is 2.73 bits per heavy atom. The lowest BCUT2D eigenvalue weighted by molar-refractivity contribution is 0.0384. The second-order valence-corrected chi connectivity index (χ2v) is 3.82. The van der Waals surface area contributed by atoms with Crippen LogP contribution in [0.2, 0.25) is 0 Å². The fraction of sp³-hybridized carbons (Fsp3) is 0.909. The Morgan fingerprint density at radius 2 is 2.00 bits per heavy atom. The molecule has 0 spiro atoms. The van der Waals surface area contributed by atoms with Gasteiger partial charge in [-0.3, -0.25) is 4.90 Å². The van der Waals surface area contributed by atoms with Crippen molar-refractivity contribution in [2.45, 2.75) is 19.3 Å². The second-order valence-electron chi connectivity index (χ2n) is 3.82. The highest BCUT2D eigenvalue weighted by molar-refractivity contribution is 4.68. The standard InChI is InChI=1S/C11H21N3O/c12-4-2-1-3-5-13-6-7-14-8-10-15-11-9-14/h13H,1-3,5-11H2. The fourth-order valence-electron chi connectivity index (χ4n) is 1.64. The van der Waals surface area contributed by atoms with Crippen LogP contribution in [0.15, 0.2) is 0 Å². The lowest BCUT2D eigenvalue weighted by Gasteiger charge is -2.26. The van der Waals surface area contributed by atoms with Gasteiger partial charge in [-0.1, -0.05) is 0 Å².